The summed E-state index contributed by atoms with van der Waals surface area (Å²) in [6, 6.07) is 13.2. The molecule has 184 valence electrons. The number of hydrogen-bond donors (Lipinski definition) is 2. The largest absolute Gasteiger partial charge is 0.456 e. The highest BCUT2D eigenvalue weighted by atomic mass is 35.5. The Kier molecular flexibility index (Phi) is 8.41. The van der Waals surface area contributed by atoms with Gasteiger partial charge in [-0.05, 0) is 48.5 Å². The highest BCUT2D eigenvalue weighted by molar-refractivity contribution is 6.32. The van der Waals surface area contributed by atoms with Gasteiger partial charge in [0.15, 0.2) is 0 Å². The van der Waals surface area contributed by atoms with Crippen LogP contribution in [0.4, 0.5) is 20.2 Å². The van der Waals surface area contributed by atoms with Crippen LogP contribution in [0, 0.1) is 11.6 Å². The predicted molar refractivity (Wildman–Crippen MR) is 133 cm³/mol. The van der Waals surface area contributed by atoms with Gasteiger partial charge in [0, 0.05) is 43.0 Å². The third-order valence-corrected chi connectivity index (χ3v) is 5.91. The minimum atomic E-state index is -0.851. The van der Waals surface area contributed by atoms with Crippen molar-refractivity contribution in [2.75, 3.05) is 50.0 Å². The first-order valence-electron chi connectivity index (χ1n) is 11.0. The molecular formula is C25H23Cl2F2N3O3. The molecule has 0 bridgehead atoms. The first-order chi connectivity index (χ1) is 16.9. The Morgan fingerprint density at radius 1 is 1.03 bits per heavy atom. The summed E-state index contributed by atoms with van der Waals surface area (Å²) in [6.45, 7) is 3.85. The van der Waals surface area contributed by atoms with E-state index in [9.17, 15) is 13.6 Å². The van der Waals surface area contributed by atoms with Crippen LogP contribution in [0.25, 0.3) is 0 Å². The lowest BCUT2D eigenvalue weighted by molar-refractivity contribution is 0.0398. The Labute approximate surface area is 211 Å². The van der Waals surface area contributed by atoms with E-state index >= 15 is 0 Å². The highest BCUT2D eigenvalue weighted by Crippen LogP contribution is 2.32. The number of rotatable bonds is 8. The summed E-state index contributed by atoms with van der Waals surface area (Å²) in [5.41, 5.74) is 0.125. The number of amides is 1. The molecule has 1 amide bonds. The quantitative estimate of drug-likeness (QED) is 0.377. The lowest BCUT2D eigenvalue weighted by Gasteiger charge is -2.26. The molecule has 10 heteroatoms. The van der Waals surface area contributed by atoms with Crippen LogP contribution in [-0.2, 0) is 4.74 Å². The molecule has 0 unspecified atom stereocenters. The third kappa shape index (κ3) is 6.82. The summed E-state index contributed by atoms with van der Waals surface area (Å²) in [5.74, 6) is -1.47. The zero-order valence-corrected chi connectivity index (χ0v) is 20.1. The van der Waals surface area contributed by atoms with Crippen molar-refractivity contribution in [1.82, 2.24) is 4.90 Å². The van der Waals surface area contributed by atoms with E-state index in [2.05, 4.69) is 15.5 Å². The molecule has 0 atom stereocenters. The van der Waals surface area contributed by atoms with Gasteiger partial charge in [0.2, 0.25) is 0 Å². The number of benzene rings is 3. The van der Waals surface area contributed by atoms with E-state index < -0.39 is 17.5 Å². The minimum Gasteiger partial charge on any atom is -0.456 e. The van der Waals surface area contributed by atoms with Crippen LogP contribution in [0.15, 0.2) is 54.6 Å². The van der Waals surface area contributed by atoms with Gasteiger partial charge in [-0.15, -0.1) is 0 Å². The maximum Gasteiger partial charge on any atom is 0.257 e. The Balaban J connectivity index is 1.44. The number of morpholine rings is 1. The molecule has 3 aromatic carbocycles. The molecule has 2 N–H and O–H groups in total. The number of nitrogens with one attached hydrogen (secondary N) is 2. The second kappa shape index (κ2) is 11.7. The summed E-state index contributed by atoms with van der Waals surface area (Å²) in [5, 5.41) is 6.39. The number of ether oxygens (including phenoxy) is 2. The summed E-state index contributed by atoms with van der Waals surface area (Å²) in [6.07, 6.45) is 0. The molecule has 1 aliphatic heterocycles. The van der Waals surface area contributed by atoms with Crippen molar-refractivity contribution >= 4 is 40.5 Å². The van der Waals surface area contributed by atoms with Crippen molar-refractivity contribution in [2.45, 2.75) is 0 Å². The van der Waals surface area contributed by atoms with Gasteiger partial charge >= 0.3 is 0 Å². The number of anilines is 2. The van der Waals surface area contributed by atoms with E-state index in [0.29, 0.717) is 48.5 Å². The summed E-state index contributed by atoms with van der Waals surface area (Å²) >= 11 is 12.2. The fraction of sp³-hybridized carbons (Fsp3) is 0.240. The molecule has 1 aliphatic rings. The van der Waals surface area contributed by atoms with Crippen LogP contribution in [0.5, 0.6) is 11.5 Å². The van der Waals surface area contributed by atoms with Gasteiger partial charge in [-0.25, -0.2) is 8.78 Å². The molecule has 1 heterocycles. The monoisotopic (exact) mass is 521 g/mol. The first kappa shape index (κ1) is 25.2. The van der Waals surface area contributed by atoms with Crippen molar-refractivity contribution in [3.05, 3.63) is 81.8 Å². The number of halogens is 4. The average Bonchev–Trinajstić information content (AvgIpc) is 2.84. The Hall–Kier alpha value is -2.91. The van der Waals surface area contributed by atoms with E-state index in [4.69, 9.17) is 32.7 Å². The highest BCUT2D eigenvalue weighted by Gasteiger charge is 2.19. The van der Waals surface area contributed by atoms with Crippen molar-refractivity contribution in [3.8, 4) is 11.5 Å². The molecule has 0 spiro atoms. The van der Waals surface area contributed by atoms with Crippen molar-refractivity contribution in [2.24, 2.45) is 0 Å². The average molecular weight is 522 g/mol. The van der Waals surface area contributed by atoms with E-state index in [-0.39, 0.29) is 16.3 Å². The van der Waals surface area contributed by atoms with Crippen molar-refractivity contribution in [3.63, 3.8) is 0 Å². The van der Waals surface area contributed by atoms with Crippen LogP contribution in [0.3, 0.4) is 0 Å². The van der Waals surface area contributed by atoms with Gasteiger partial charge in [0.25, 0.3) is 5.91 Å². The maximum atomic E-state index is 14.6. The van der Waals surface area contributed by atoms with Gasteiger partial charge in [-0.2, -0.15) is 0 Å². The van der Waals surface area contributed by atoms with Gasteiger partial charge in [-0.3, -0.25) is 9.69 Å². The molecule has 1 fully saturated rings. The molecule has 0 aliphatic carbocycles. The molecule has 35 heavy (non-hydrogen) atoms. The van der Waals surface area contributed by atoms with E-state index in [1.807, 2.05) is 0 Å². The maximum absolute atomic E-state index is 14.6. The number of hydrogen-bond acceptors (Lipinski definition) is 5. The fourth-order valence-electron chi connectivity index (χ4n) is 3.59. The molecule has 0 aromatic heterocycles. The summed E-state index contributed by atoms with van der Waals surface area (Å²) in [7, 11) is 0. The third-order valence-electron chi connectivity index (χ3n) is 5.36. The second-order valence-corrected chi connectivity index (χ2v) is 8.69. The molecule has 6 nitrogen and oxygen atoms in total. The van der Waals surface area contributed by atoms with Gasteiger partial charge in [-0.1, -0.05) is 23.2 Å². The molecule has 0 radical (unpaired) electrons. The Bertz CT molecular complexity index is 1190. The molecular weight excluding hydrogens is 499 g/mol. The SMILES string of the molecule is O=C(Nc1ccc(Oc2ccc(Cl)cc2)c(Cl)c1)c1cc(F)cc(F)c1NCCN1CCOCC1. The Morgan fingerprint density at radius 2 is 1.77 bits per heavy atom. The zero-order valence-electron chi connectivity index (χ0n) is 18.6. The lowest BCUT2D eigenvalue weighted by atomic mass is 10.1. The topological polar surface area (TPSA) is 62.8 Å². The molecule has 1 saturated heterocycles. The van der Waals surface area contributed by atoms with Crippen LogP contribution in [0.2, 0.25) is 10.0 Å². The van der Waals surface area contributed by atoms with E-state index in [0.717, 1.165) is 25.2 Å². The van der Waals surface area contributed by atoms with Crippen LogP contribution in [0.1, 0.15) is 10.4 Å². The van der Waals surface area contributed by atoms with E-state index in [1.165, 1.54) is 6.07 Å². The summed E-state index contributed by atoms with van der Waals surface area (Å²) < 4.78 is 39.6. The van der Waals surface area contributed by atoms with Gasteiger partial charge in [0.05, 0.1) is 29.5 Å². The van der Waals surface area contributed by atoms with E-state index in [1.54, 1.807) is 36.4 Å². The normalized spacial score (nSPS) is 13.9. The predicted octanol–water partition coefficient (Wildman–Crippen LogP) is 6.06. The number of nitrogens with zero attached hydrogens (tertiary/aromatic N) is 1. The van der Waals surface area contributed by atoms with Gasteiger partial charge in [0.1, 0.15) is 23.1 Å². The number of carbonyl (C=O) groups is 1. The molecule has 4 rings (SSSR count). The summed E-state index contributed by atoms with van der Waals surface area (Å²) in [4.78, 5) is 15.1. The minimum absolute atomic E-state index is 0.0639. The molecule has 0 saturated carbocycles. The lowest BCUT2D eigenvalue weighted by Crippen LogP contribution is -2.39. The Morgan fingerprint density at radius 3 is 2.49 bits per heavy atom. The van der Waals surface area contributed by atoms with Crippen LogP contribution in [-0.4, -0.2) is 50.2 Å². The number of carbonyl (C=O) groups excluding carboxylic acids is 1. The molecule has 3 aromatic rings. The van der Waals surface area contributed by atoms with Gasteiger partial charge < -0.3 is 20.1 Å². The smallest absolute Gasteiger partial charge is 0.257 e. The van der Waals surface area contributed by atoms with Crippen molar-refractivity contribution in [1.29, 1.82) is 0 Å². The van der Waals surface area contributed by atoms with Crippen LogP contribution >= 0.6 is 23.2 Å². The van der Waals surface area contributed by atoms with Crippen molar-refractivity contribution < 1.29 is 23.0 Å². The zero-order chi connectivity index (χ0) is 24.8. The van der Waals surface area contributed by atoms with Crippen LogP contribution < -0.4 is 15.4 Å². The fourth-order valence-corrected chi connectivity index (χ4v) is 3.93. The second-order valence-electron chi connectivity index (χ2n) is 7.85. The first-order valence-corrected chi connectivity index (χ1v) is 11.7. The standard InChI is InChI=1S/C25H23Cl2F2N3O3/c26-16-1-4-19(5-2-16)35-23-6-3-18(15-21(23)27)31-25(33)20-13-17(28)14-22(29)24(20)30-7-8-32-9-11-34-12-10-32/h1-6,13-15,30H,7-12H2,(H,31,33).